The molecule has 1 aromatic heterocycles. The number of nitrogens with zero attached hydrogens (tertiary/aromatic N) is 1. The molecule has 2 aromatic carbocycles. The van der Waals surface area contributed by atoms with Crippen LogP contribution in [0.2, 0.25) is 0 Å². The number of ether oxygens (including phenoxy) is 2. The van der Waals surface area contributed by atoms with Crippen LogP contribution >= 0.6 is 0 Å². The van der Waals surface area contributed by atoms with E-state index in [4.69, 9.17) is 9.47 Å². The zero-order chi connectivity index (χ0) is 17.3. The van der Waals surface area contributed by atoms with Crippen LogP contribution in [0.1, 0.15) is 15.9 Å². The number of methoxy groups -OCH3 is 2. The van der Waals surface area contributed by atoms with E-state index in [1.807, 2.05) is 25.1 Å². The number of carboxylic acids is 1. The summed E-state index contributed by atoms with van der Waals surface area (Å²) >= 11 is 0. The molecule has 0 atom stereocenters. The van der Waals surface area contributed by atoms with Gasteiger partial charge in [0.25, 0.3) is 0 Å². The van der Waals surface area contributed by atoms with Crippen molar-refractivity contribution in [3.63, 3.8) is 0 Å². The van der Waals surface area contributed by atoms with Gasteiger partial charge in [0.1, 0.15) is 0 Å². The van der Waals surface area contributed by atoms with Gasteiger partial charge < -0.3 is 19.4 Å². The maximum Gasteiger partial charge on any atom is 0.161 e. The molecule has 0 N–H and O–H groups in total. The van der Waals surface area contributed by atoms with E-state index < -0.39 is 5.97 Å². The van der Waals surface area contributed by atoms with Crippen LogP contribution in [-0.2, 0) is 0 Å². The molecule has 5 heteroatoms. The molecule has 0 saturated heterocycles. The fraction of sp³-hybridized carbons (Fsp3) is 0.158. The average Bonchev–Trinajstić information content (AvgIpc) is 2.60. The third kappa shape index (κ3) is 2.65. The number of hydrogen-bond acceptors (Lipinski definition) is 5. The van der Waals surface area contributed by atoms with E-state index >= 15 is 0 Å². The highest BCUT2D eigenvalue weighted by atomic mass is 16.5. The van der Waals surface area contributed by atoms with E-state index in [-0.39, 0.29) is 5.56 Å². The first-order valence-corrected chi connectivity index (χ1v) is 7.39. The molecule has 0 aliphatic rings. The van der Waals surface area contributed by atoms with Crippen LogP contribution in [0, 0.1) is 6.92 Å². The first kappa shape index (κ1) is 15.8. The zero-order valence-electron chi connectivity index (χ0n) is 13.6. The van der Waals surface area contributed by atoms with Crippen LogP contribution in [0.4, 0.5) is 0 Å². The molecule has 0 saturated carbocycles. The van der Waals surface area contributed by atoms with Crippen molar-refractivity contribution in [2.45, 2.75) is 6.92 Å². The van der Waals surface area contributed by atoms with Gasteiger partial charge in [-0.2, -0.15) is 0 Å². The largest absolute Gasteiger partial charge is 0.545 e. The molecule has 122 valence electrons. The minimum absolute atomic E-state index is 0.119. The van der Waals surface area contributed by atoms with Gasteiger partial charge in [-0.15, -0.1) is 0 Å². The number of rotatable bonds is 4. The topological polar surface area (TPSA) is 71.5 Å². The summed E-state index contributed by atoms with van der Waals surface area (Å²) in [5, 5.41) is 12.1. The maximum atomic E-state index is 11.5. The Labute approximate surface area is 139 Å². The Kier molecular flexibility index (Phi) is 4.08. The molecule has 0 spiro atoms. The van der Waals surface area contributed by atoms with Crippen molar-refractivity contribution in [2.75, 3.05) is 14.2 Å². The Balaban J connectivity index is 2.27. The minimum Gasteiger partial charge on any atom is -0.545 e. The van der Waals surface area contributed by atoms with E-state index in [2.05, 4.69) is 4.98 Å². The molecular formula is C19H16NO4-. The number of aromatic nitrogens is 1. The Morgan fingerprint density at radius 2 is 1.79 bits per heavy atom. The molecule has 0 fully saturated rings. The highest BCUT2D eigenvalue weighted by molar-refractivity contribution is 6.03. The SMILES string of the molecule is COc1ccc(-c2cc(C(=O)[O-])c3cccc(C)c3n2)cc1OC. The lowest BCUT2D eigenvalue weighted by Crippen LogP contribution is -2.22. The smallest absolute Gasteiger partial charge is 0.161 e. The predicted octanol–water partition coefficient (Wildman–Crippen LogP) is 2.59. The van der Waals surface area contributed by atoms with Crippen molar-refractivity contribution >= 4 is 16.9 Å². The summed E-state index contributed by atoms with van der Waals surface area (Å²) in [7, 11) is 3.11. The summed E-state index contributed by atoms with van der Waals surface area (Å²) < 4.78 is 10.5. The molecule has 1 heterocycles. The third-order valence-electron chi connectivity index (χ3n) is 3.94. The van der Waals surface area contributed by atoms with Gasteiger partial charge in [-0.05, 0) is 36.8 Å². The van der Waals surface area contributed by atoms with Crippen molar-refractivity contribution in [2.24, 2.45) is 0 Å². The molecule has 0 aliphatic carbocycles. The van der Waals surface area contributed by atoms with Crippen LogP contribution < -0.4 is 14.6 Å². The Hall–Kier alpha value is -3.08. The number of fused-ring (bicyclic) bond motifs is 1. The lowest BCUT2D eigenvalue weighted by Gasteiger charge is -2.13. The van der Waals surface area contributed by atoms with Gasteiger partial charge in [0.05, 0.1) is 31.4 Å². The summed E-state index contributed by atoms with van der Waals surface area (Å²) in [6.45, 7) is 1.90. The second-order valence-corrected chi connectivity index (χ2v) is 5.38. The van der Waals surface area contributed by atoms with Crippen LogP contribution in [0.25, 0.3) is 22.2 Å². The van der Waals surface area contributed by atoms with E-state index in [9.17, 15) is 9.90 Å². The summed E-state index contributed by atoms with van der Waals surface area (Å²) in [4.78, 5) is 16.2. The van der Waals surface area contributed by atoms with Gasteiger partial charge >= 0.3 is 0 Å². The van der Waals surface area contributed by atoms with Gasteiger partial charge in [0.2, 0.25) is 0 Å². The van der Waals surface area contributed by atoms with Crippen LogP contribution in [0.15, 0.2) is 42.5 Å². The average molecular weight is 322 g/mol. The Morgan fingerprint density at radius 1 is 1.04 bits per heavy atom. The molecule has 0 aliphatic heterocycles. The number of carbonyl (C=O) groups excluding carboxylic acids is 1. The second-order valence-electron chi connectivity index (χ2n) is 5.38. The van der Waals surface area contributed by atoms with E-state index in [0.717, 1.165) is 11.1 Å². The van der Waals surface area contributed by atoms with Gasteiger partial charge in [0, 0.05) is 16.5 Å². The quantitative estimate of drug-likeness (QED) is 0.738. The number of para-hydroxylation sites is 1. The Morgan fingerprint density at radius 3 is 2.46 bits per heavy atom. The molecule has 0 bridgehead atoms. The van der Waals surface area contributed by atoms with E-state index in [0.29, 0.717) is 28.1 Å². The molecule has 5 nitrogen and oxygen atoms in total. The number of aromatic carboxylic acids is 1. The fourth-order valence-electron chi connectivity index (χ4n) is 2.70. The van der Waals surface area contributed by atoms with Gasteiger partial charge in [0.15, 0.2) is 11.5 Å². The fourth-order valence-corrected chi connectivity index (χ4v) is 2.70. The zero-order valence-corrected chi connectivity index (χ0v) is 13.6. The first-order valence-electron chi connectivity index (χ1n) is 7.39. The maximum absolute atomic E-state index is 11.5. The standard InChI is InChI=1S/C19H17NO4/c1-11-5-4-6-13-14(19(21)22)10-15(20-18(11)13)12-7-8-16(23-2)17(9-12)24-3/h4-10H,1-3H3,(H,21,22)/p-1. The van der Waals surface area contributed by atoms with Crippen molar-refractivity contribution in [3.8, 4) is 22.8 Å². The summed E-state index contributed by atoms with van der Waals surface area (Å²) in [5.41, 5.74) is 2.94. The van der Waals surface area contributed by atoms with Crippen LogP contribution in [0.3, 0.4) is 0 Å². The lowest BCUT2D eigenvalue weighted by atomic mass is 10.0. The van der Waals surface area contributed by atoms with Crippen molar-refractivity contribution in [3.05, 3.63) is 53.6 Å². The molecule has 24 heavy (non-hydrogen) atoms. The first-order chi connectivity index (χ1) is 11.5. The number of hydrogen-bond donors (Lipinski definition) is 0. The Bertz CT molecular complexity index is 934. The number of carboxylic acid groups (broad SMARTS) is 1. The highest BCUT2D eigenvalue weighted by Gasteiger charge is 2.12. The molecule has 0 radical (unpaired) electrons. The number of benzene rings is 2. The summed E-state index contributed by atoms with van der Waals surface area (Å²) in [6.07, 6.45) is 0. The van der Waals surface area contributed by atoms with Gasteiger partial charge in [-0.25, -0.2) is 4.98 Å². The normalized spacial score (nSPS) is 10.6. The third-order valence-corrected chi connectivity index (χ3v) is 3.94. The molecular weight excluding hydrogens is 306 g/mol. The molecule has 0 amide bonds. The molecule has 3 aromatic rings. The number of pyridine rings is 1. The molecule has 3 rings (SSSR count). The lowest BCUT2D eigenvalue weighted by molar-refractivity contribution is -0.254. The van der Waals surface area contributed by atoms with Crippen LogP contribution in [-0.4, -0.2) is 25.2 Å². The van der Waals surface area contributed by atoms with E-state index in [1.165, 1.54) is 6.07 Å². The summed E-state index contributed by atoms with van der Waals surface area (Å²) in [6, 6.07) is 12.3. The minimum atomic E-state index is -1.23. The predicted molar refractivity (Wildman–Crippen MR) is 89.4 cm³/mol. The highest BCUT2D eigenvalue weighted by Crippen LogP contribution is 2.33. The van der Waals surface area contributed by atoms with Gasteiger partial charge in [-0.3, -0.25) is 0 Å². The van der Waals surface area contributed by atoms with Crippen molar-refractivity contribution in [1.29, 1.82) is 0 Å². The van der Waals surface area contributed by atoms with Crippen molar-refractivity contribution < 1.29 is 19.4 Å². The van der Waals surface area contributed by atoms with E-state index in [1.54, 1.807) is 32.4 Å². The molecule has 0 unspecified atom stereocenters. The number of carbonyl (C=O) groups is 1. The van der Waals surface area contributed by atoms with Gasteiger partial charge in [-0.1, -0.05) is 18.2 Å². The summed E-state index contributed by atoms with van der Waals surface area (Å²) in [5.74, 6) is -0.0789. The second kappa shape index (κ2) is 6.20. The number of aryl methyl sites for hydroxylation is 1. The van der Waals surface area contributed by atoms with Crippen molar-refractivity contribution in [1.82, 2.24) is 4.98 Å². The van der Waals surface area contributed by atoms with Crippen LogP contribution in [0.5, 0.6) is 11.5 Å². The monoisotopic (exact) mass is 322 g/mol.